The van der Waals surface area contributed by atoms with Crippen molar-refractivity contribution in [2.24, 2.45) is 5.73 Å². The second-order valence-electron chi connectivity index (χ2n) is 3.13. The van der Waals surface area contributed by atoms with Gasteiger partial charge in [0.1, 0.15) is 0 Å². The van der Waals surface area contributed by atoms with Crippen molar-refractivity contribution in [2.75, 3.05) is 19.0 Å². The van der Waals surface area contributed by atoms with Crippen LogP contribution in [-0.4, -0.2) is 19.1 Å². The first-order valence-electron chi connectivity index (χ1n) is 3.92. The highest BCUT2D eigenvalue weighted by atomic mass is 32.1. The lowest BCUT2D eigenvalue weighted by Crippen LogP contribution is -2.07. The minimum Gasteiger partial charge on any atom is -0.354 e. The quantitative estimate of drug-likeness (QED) is 0.760. The first-order valence-corrected chi connectivity index (χ1v) is 4.74. The fourth-order valence-corrected chi connectivity index (χ4v) is 1.95. The van der Waals surface area contributed by atoms with Crippen molar-refractivity contribution in [3.05, 3.63) is 10.6 Å². The molecule has 1 aromatic rings. The third-order valence-corrected chi connectivity index (χ3v) is 3.14. The summed E-state index contributed by atoms with van der Waals surface area (Å²) >= 11 is 1.67. The number of hydrogen-bond acceptors (Lipinski definition) is 4. The van der Waals surface area contributed by atoms with Crippen LogP contribution in [0.1, 0.15) is 23.5 Å². The molecule has 0 fully saturated rings. The smallest absolute Gasteiger partial charge is 0.185 e. The fraction of sp³-hybridized carbons (Fsp3) is 0.625. The molecule has 0 aromatic carbocycles. The van der Waals surface area contributed by atoms with E-state index in [0.717, 1.165) is 10.8 Å². The Labute approximate surface area is 77.2 Å². The third-order valence-electron chi connectivity index (χ3n) is 1.62. The van der Waals surface area contributed by atoms with Crippen LogP contribution in [0.4, 0.5) is 5.13 Å². The maximum absolute atomic E-state index is 5.78. The third kappa shape index (κ3) is 1.76. The Morgan fingerprint density at radius 3 is 2.33 bits per heavy atom. The van der Waals surface area contributed by atoms with E-state index in [0.29, 0.717) is 0 Å². The number of thiazole rings is 1. The molecule has 0 saturated heterocycles. The average Bonchev–Trinajstić information content (AvgIpc) is 2.30. The van der Waals surface area contributed by atoms with Crippen LogP contribution in [0.2, 0.25) is 0 Å². The topological polar surface area (TPSA) is 42.2 Å². The Balaban J connectivity index is 3.00. The van der Waals surface area contributed by atoms with Gasteiger partial charge in [-0.15, -0.1) is 11.3 Å². The molecule has 1 aromatic heterocycles. The van der Waals surface area contributed by atoms with Gasteiger partial charge in [0, 0.05) is 25.0 Å². The molecule has 0 bridgehead atoms. The van der Waals surface area contributed by atoms with E-state index in [-0.39, 0.29) is 6.04 Å². The van der Waals surface area contributed by atoms with Gasteiger partial charge in [0.15, 0.2) is 5.13 Å². The highest BCUT2D eigenvalue weighted by Crippen LogP contribution is 2.28. The fourth-order valence-electron chi connectivity index (χ4n) is 1.01. The molecule has 0 aliphatic carbocycles. The predicted molar refractivity (Wildman–Crippen MR) is 53.8 cm³/mol. The number of anilines is 1. The van der Waals surface area contributed by atoms with Gasteiger partial charge in [-0.2, -0.15) is 0 Å². The van der Waals surface area contributed by atoms with Crippen molar-refractivity contribution in [3.63, 3.8) is 0 Å². The summed E-state index contributed by atoms with van der Waals surface area (Å²) in [5.41, 5.74) is 6.83. The molecule has 1 atom stereocenters. The van der Waals surface area contributed by atoms with Crippen molar-refractivity contribution >= 4 is 16.5 Å². The molecule has 1 rings (SSSR count). The molecule has 1 unspecified atom stereocenters. The number of aromatic nitrogens is 1. The number of aryl methyl sites for hydroxylation is 1. The Bertz CT molecular complexity index is 265. The van der Waals surface area contributed by atoms with Gasteiger partial charge in [-0.25, -0.2) is 4.98 Å². The first-order chi connectivity index (χ1) is 5.52. The van der Waals surface area contributed by atoms with Gasteiger partial charge in [-0.3, -0.25) is 0 Å². The van der Waals surface area contributed by atoms with Crippen molar-refractivity contribution in [2.45, 2.75) is 19.9 Å². The van der Waals surface area contributed by atoms with Gasteiger partial charge in [-0.1, -0.05) is 0 Å². The number of rotatable bonds is 2. The van der Waals surface area contributed by atoms with E-state index in [1.807, 2.05) is 32.8 Å². The van der Waals surface area contributed by atoms with E-state index in [1.54, 1.807) is 11.3 Å². The highest BCUT2D eigenvalue weighted by molar-refractivity contribution is 7.15. The molecule has 0 saturated carbocycles. The maximum Gasteiger partial charge on any atom is 0.185 e. The van der Waals surface area contributed by atoms with Crippen LogP contribution in [0.15, 0.2) is 0 Å². The summed E-state index contributed by atoms with van der Waals surface area (Å²) in [4.78, 5) is 7.58. The number of nitrogens with zero attached hydrogens (tertiary/aromatic N) is 2. The average molecular weight is 185 g/mol. The number of nitrogens with two attached hydrogens (primary N) is 1. The monoisotopic (exact) mass is 185 g/mol. The maximum atomic E-state index is 5.78. The van der Waals surface area contributed by atoms with Crippen molar-refractivity contribution in [1.29, 1.82) is 0 Å². The molecule has 0 aliphatic heterocycles. The minimum absolute atomic E-state index is 0.0937. The molecular weight excluding hydrogens is 170 g/mol. The molecule has 2 N–H and O–H groups in total. The molecule has 68 valence electrons. The summed E-state index contributed by atoms with van der Waals surface area (Å²) < 4.78 is 0. The van der Waals surface area contributed by atoms with Crippen LogP contribution in [0.3, 0.4) is 0 Å². The van der Waals surface area contributed by atoms with Gasteiger partial charge in [0.05, 0.1) is 5.69 Å². The zero-order valence-electron chi connectivity index (χ0n) is 7.96. The Morgan fingerprint density at radius 2 is 2.08 bits per heavy atom. The SMILES string of the molecule is Cc1nc(N(C)C)sc1C(C)N. The summed E-state index contributed by atoms with van der Waals surface area (Å²) in [6.45, 7) is 3.99. The summed E-state index contributed by atoms with van der Waals surface area (Å²) in [5, 5.41) is 1.03. The second-order valence-corrected chi connectivity index (χ2v) is 4.14. The van der Waals surface area contributed by atoms with Crippen molar-refractivity contribution < 1.29 is 0 Å². The van der Waals surface area contributed by atoms with Crippen LogP contribution in [0.25, 0.3) is 0 Å². The summed E-state index contributed by atoms with van der Waals surface area (Å²) in [6.07, 6.45) is 0. The molecule has 1 heterocycles. The summed E-state index contributed by atoms with van der Waals surface area (Å²) in [5.74, 6) is 0. The number of hydrogen-bond donors (Lipinski definition) is 1. The van der Waals surface area contributed by atoms with Crippen molar-refractivity contribution in [3.8, 4) is 0 Å². The molecule has 0 amide bonds. The lowest BCUT2D eigenvalue weighted by atomic mass is 10.2. The largest absolute Gasteiger partial charge is 0.354 e. The van der Waals surface area contributed by atoms with Crippen LogP contribution >= 0.6 is 11.3 Å². The highest BCUT2D eigenvalue weighted by Gasteiger charge is 2.11. The standard InChI is InChI=1S/C8H15N3S/c1-5(9)7-6(2)10-8(12-7)11(3)4/h5H,9H2,1-4H3. The molecular formula is C8H15N3S. The second kappa shape index (κ2) is 3.41. The molecule has 4 heteroatoms. The Kier molecular flexibility index (Phi) is 2.69. The lowest BCUT2D eigenvalue weighted by Gasteiger charge is -2.05. The van der Waals surface area contributed by atoms with E-state index in [9.17, 15) is 0 Å². The van der Waals surface area contributed by atoms with E-state index in [2.05, 4.69) is 4.98 Å². The van der Waals surface area contributed by atoms with Crippen LogP contribution in [0, 0.1) is 6.92 Å². The molecule has 12 heavy (non-hydrogen) atoms. The van der Waals surface area contributed by atoms with Gasteiger partial charge in [0.25, 0.3) is 0 Å². The van der Waals surface area contributed by atoms with Crippen LogP contribution in [-0.2, 0) is 0 Å². The Hall–Kier alpha value is -0.610. The zero-order chi connectivity index (χ0) is 9.30. The molecule has 0 aliphatic rings. The normalized spacial score (nSPS) is 13.1. The van der Waals surface area contributed by atoms with Crippen LogP contribution < -0.4 is 10.6 Å². The van der Waals surface area contributed by atoms with Gasteiger partial charge < -0.3 is 10.6 Å². The van der Waals surface area contributed by atoms with E-state index < -0.39 is 0 Å². The summed E-state index contributed by atoms with van der Waals surface area (Å²) in [7, 11) is 3.98. The lowest BCUT2D eigenvalue weighted by molar-refractivity contribution is 0.825. The predicted octanol–water partition coefficient (Wildman–Crippen LogP) is 1.54. The Morgan fingerprint density at radius 1 is 1.50 bits per heavy atom. The van der Waals surface area contributed by atoms with Gasteiger partial charge in [-0.05, 0) is 13.8 Å². The van der Waals surface area contributed by atoms with Crippen LogP contribution in [0.5, 0.6) is 0 Å². The molecule has 0 spiro atoms. The van der Waals surface area contributed by atoms with E-state index in [4.69, 9.17) is 5.73 Å². The van der Waals surface area contributed by atoms with E-state index in [1.165, 1.54) is 4.88 Å². The van der Waals surface area contributed by atoms with Gasteiger partial charge >= 0.3 is 0 Å². The first kappa shape index (κ1) is 9.48. The summed E-state index contributed by atoms with van der Waals surface area (Å²) in [6, 6.07) is 0.0937. The zero-order valence-corrected chi connectivity index (χ0v) is 8.77. The van der Waals surface area contributed by atoms with Gasteiger partial charge in [0.2, 0.25) is 0 Å². The molecule has 0 radical (unpaired) electrons. The van der Waals surface area contributed by atoms with Crippen molar-refractivity contribution in [1.82, 2.24) is 4.98 Å². The van der Waals surface area contributed by atoms with E-state index >= 15 is 0 Å². The molecule has 3 nitrogen and oxygen atoms in total. The minimum atomic E-state index is 0.0937.